The average Bonchev–Trinajstić information content (AvgIpc) is 2.63. The van der Waals surface area contributed by atoms with E-state index in [2.05, 4.69) is 0 Å². The lowest BCUT2D eigenvalue weighted by molar-refractivity contribution is -0.388. The zero-order valence-corrected chi connectivity index (χ0v) is 13.8. The van der Waals surface area contributed by atoms with Gasteiger partial charge in [-0.25, -0.2) is 0 Å². The van der Waals surface area contributed by atoms with Crippen LogP contribution in [0, 0.1) is 0 Å². The van der Waals surface area contributed by atoms with Gasteiger partial charge in [0.2, 0.25) is 0 Å². The summed E-state index contributed by atoms with van der Waals surface area (Å²) in [5.74, 6) is 0. The Morgan fingerprint density at radius 3 is 2.67 bits per heavy atom. The first kappa shape index (κ1) is 17.8. The maximum Gasteiger partial charge on any atom is 0.186 e. The second-order valence-electron chi connectivity index (χ2n) is 5.98. The van der Waals surface area contributed by atoms with Gasteiger partial charge < -0.3 is 33.9 Å². The van der Waals surface area contributed by atoms with Crippen LogP contribution in [0.15, 0.2) is 30.3 Å². The van der Waals surface area contributed by atoms with Crippen LogP contribution in [-0.2, 0) is 23.7 Å². The Kier molecular flexibility index (Phi) is 5.51. The first-order valence-corrected chi connectivity index (χ1v) is 8.08. The van der Waals surface area contributed by atoms with E-state index < -0.39 is 36.5 Å². The minimum absolute atomic E-state index is 0.0867. The molecule has 2 saturated heterocycles. The molecule has 7 nitrogen and oxygen atoms in total. The van der Waals surface area contributed by atoms with Crippen LogP contribution in [0.1, 0.15) is 18.8 Å². The topological polar surface area (TPSA) is 86.6 Å². The maximum absolute atomic E-state index is 11.1. The van der Waals surface area contributed by atoms with Gasteiger partial charge in [-0.15, -0.1) is 0 Å². The Balaban J connectivity index is 1.84. The fourth-order valence-electron chi connectivity index (χ4n) is 3.13. The molecule has 0 spiro atoms. The summed E-state index contributed by atoms with van der Waals surface area (Å²) in [7, 11) is 1.41. The maximum atomic E-state index is 11.1. The summed E-state index contributed by atoms with van der Waals surface area (Å²) in [5, 5.41) is 21.6. The Morgan fingerprint density at radius 1 is 1.25 bits per heavy atom. The van der Waals surface area contributed by atoms with Gasteiger partial charge >= 0.3 is 0 Å². The lowest BCUT2D eigenvalue weighted by Gasteiger charge is -2.52. The van der Waals surface area contributed by atoms with Crippen LogP contribution in [0.25, 0.3) is 0 Å². The average molecular weight is 340 g/mol. The van der Waals surface area contributed by atoms with Crippen molar-refractivity contribution in [2.45, 2.75) is 43.4 Å². The molecule has 1 aromatic carbocycles. The van der Waals surface area contributed by atoms with Gasteiger partial charge in [0.25, 0.3) is 0 Å². The van der Waals surface area contributed by atoms with Gasteiger partial charge in [0.15, 0.2) is 12.6 Å². The van der Waals surface area contributed by atoms with Crippen molar-refractivity contribution < 1.29 is 33.9 Å². The van der Waals surface area contributed by atoms with Gasteiger partial charge in [-0.05, 0) is 6.92 Å². The summed E-state index contributed by atoms with van der Waals surface area (Å²) in [6.45, 7) is 2.35. The standard InChI is InChI=1S/C17H24O7/c1-3-21-10-17(19)13(18)16(20-2)23-12-9-22-15(24-14(12)17)11-7-5-4-6-8-11/h4-8,12-16,18-19H,3,9-10H2,1-2H3/t12-,13+,14-,15?,16+,17-/m1/s1. The molecule has 2 aliphatic rings. The van der Waals surface area contributed by atoms with Crippen LogP contribution < -0.4 is 0 Å². The van der Waals surface area contributed by atoms with Crippen LogP contribution >= 0.6 is 0 Å². The first-order chi connectivity index (χ1) is 11.6. The number of fused-ring (bicyclic) bond motifs is 1. The van der Waals surface area contributed by atoms with E-state index in [0.29, 0.717) is 6.61 Å². The van der Waals surface area contributed by atoms with Gasteiger partial charge in [0.05, 0.1) is 13.2 Å². The molecule has 1 unspecified atom stereocenters. The molecular formula is C17H24O7. The second-order valence-corrected chi connectivity index (χ2v) is 5.98. The van der Waals surface area contributed by atoms with Crippen molar-refractivity contribution in [3.63, 3.8) is 0 Å². The van der Waals surface area contributed by atoms with Crippen LogP contribution in [0.2, 0.25) is 0 Å². The molecule has 0 amide bonds. The Labute approximate surface area is 141 Å². The largest absolute Gasteiger partial charge is 0.385 e. The number of benzene rings is 1. The first-order valence-electron chi connectivity index (χ1n) is 8.08. The van der Waals surface area contributed by atoms with E-state index in [1.54, 1.807) is 0 Å². The lowest BCUT2D eigenvalue weighted by atomic mass is 9.84. The molecule has 0 radical (unpaired) electrons. The second kappa shape index (κ2) is 7.45. The monoisotopic (exact) mass is 340 g/mol. The number of hydrogen-bond acceptors (Lipinski definition) is 7. The third-order valence-corrected chi connectivity index (χ3v) is 4.43. The molecule has 134 valence electrons. The highest BCUT2D eigenvalue weighted by molar-refractivity contribution is 5.17. The van der Waals surface area contributed by atoms with Crippen LogP contribution in [0.3, 0.4) is 0 Å². The predicted octanol–water partition coefficient (Wildman–Crippen LogP) is 0.600. The number of ether oxygens (including phenoxy) is 5. The van der Waals surface area contributed by atoms with Gasteiger partial charge in [0, 0.05) is 19.3 Å². The molecule has 0 aliphatic carbocycles. The molecular weight excluding hydrogens is 316 g/mol. The van der Waals surface area contributed by atoms with E-state index in [4.69, 9.17) is 23.7 Å². The van der Waals surface area contributed by atoms with Crippen molar-refractivity contribution in [3.8, 4) is 0 Å². The highest BCUT2D eigenvalue weighted by Gasteiger charge is 2.59. The fourth-order valence-corrected chi connectivity index (χ4v) is 3.13. The summed E-state index contributed by atoms with van der Waals surface area (Å²) in [6, 6.07) is 9.42. The summed E-state index contributed by atoms with van der Waals surface area (Å²) >= 11 is 0. The van der Waals surface area contributed by atoms with Gasteiger partial charge in [-0.3, -0.25) is 0 Å². The molecule has 24 heavy (non-hydrogen) atoms. The summed E-state index contributed by atoms with van der Waals surface area (Å²) < 4.78 is 27.9. The van der Waals surface area contributed by atoms with E-state index >= 15 is 0 Å². The molecule has 0 saturated carbocycles. The van der Waals surface area contributed by atoms with Crippen LogP contribution in [0.5, 0.6) is 0 Å². The molecule has 1 aromatic rings. The number of rotatable bonds is 5. The normalized spacial score (nSPS) is 39.4. The Morgan fingerprint density at radius 2 is 2.00 bits per heavy atom. The van der Waals surface area contributed by atoms with Crippen LogP contribution in [0.4, 0.5) is 0 Å². The number of hydrogen-bond donors (Lipinski definition) is 2. The van der Waals surface area contributed by atoms with Crippen molar-refractivity contribution in [2.75, 3.05) is 26.9 Å². The number of aliphatic hydroxyl groups is 2. The van der Waals surface area contributed by atoms with Crippen molar-refractivity contribution in [1.29, 1.82) is 0 Å². The highest BCUT2D eigenvalue weighted by atomic mass is 16.8. The van der Waals surface area contributed by atoms with Gasteiger partial charge in [-0.2, -0.15) is 0 Å². The van der Waals surface area contributed by atoms with E-state index in [1.165, 1.54) is 7.11 Å². The summed E-state index contributed by atoms with van der Waals surface area (Å²) in [6.07, 6.45) is -4.29. The Bertz CT molecular complexity index is 525. The van der Waals surface area contributed by atoms with Gasteiger partial charge in [0.1, 0.15) is 23.9 Å². The molecule has 2 heterocycles. The fraction of sp³-hybridized carbons (Fsp3) is 0.647. The van der Waals surface area contributed by atoms with Crippen molar-refractivity contribution in [3.05, 3.63) is 35.9 Å². The third-order valence-electron chi connectivity index (χ3n) is 4.43. The molecule has 0 bridgehead atoms. The quantitative estimate of drug-likeness (QED) is 0.812. The van der Waals surface area contributed by atoms with Crippen molar-refractivity contribution in [2.24, 2.45) is 0 Å². The molecule has 0 aromatic heterocycles. The third kappa shape index (κ3) is 3.21. The smallest absolute Gasteiger partial charge is 0.186 e. The van der Waals surface area contributed by atoms with Gasteiger partial charge in [-0.1, -0.05) is 30.3 Å². The SMILES string of the molecule is CCOC[C@]1(O)[C@@H]2OC(c3ccccc3)OC[C@H]2O[C@H](OC)[C@@H]1O. The zero-order valence-electron chi connectivity index (χ0n) is 13.8. The highest BCUT2D eigenvalue weighted by Crippen LogP contribution is 2.39. The molecule has 7 heteroatoms. The molecule has 2 aliphatic heterocycles. The minimum atomic E-state index is -1.66. The van der Waals surface area contributed by atoms with E-state index in [1.807, 2.05) is 37.3 Å². The van der Waals surface area contributed by atoms with Crippen molar-refractivity contribution >= 4 is 0 Å². The van der Waals surface area contributed by atoms with E-state index in [0.717, 1.165) is 5.56 Å². The number of aliphatic hydroxyl groups excluding tert-OH is 1. The number of methoxy groups -OCH3 is 1. The zero-order chi connectivity index (χ0) is 17.2. The van der Waals surface area contributed by atoms with E-state index in [9.17, 15) is 10.2 Å². The van der Waals surface area contributed by atoms with Crippen LogP contribution in [-0.4, -0.2) is 67.3 Å². The minimum Gasteiger partial charge on any atom is -0.385 e. The molecule has 3 rings (SSSR count). The summed E-state index contributed by atoms with van der Waals surface area (Å²) in [4.78, 5) is 0. The van der Waals surface area contributed by atoms with E-state index in [-0.39, 0.29) is 13.2 Å². The molecule has 6 atom stereocenters. The Hall–Kier alpha value is -1.06. The predicted molar refractivity (Wildman–Crippen MR) is 83.1 cm³/mol. The summed E-state index contributed by atoms with van der Waals surface area (Å²) in [5.41, 5.74) is -0.825. The lowest BCUT2D eigenvalue weighted by Crippen LogP contribution is -2.71. The van der Waals surface area contributed by atoms with Crippen molar-refractivity contribution in [1.82, 2.24) is 0 Å². The molecule has 2 N–H and O–H groups in total. The molecule has 2 fully saturated rings.